The number of aliphatic hydroxyl groups is 1. The summed E-state index contributed by atoms with van der Waals surface area (Å²) in [5.41, 5.74) is -2.22. The van der Waals surface area contributed by atoms with Gasteiger partial charge < -0.3 is 9.84 Å². The second-order valence-corrected chi connectivity index (χ2v) is 9.48. The number of ether oxygens (including phenoxy) is 1. The molecule has 0 aliphatic carbocycles. The van der Waals surface area contributed by atoms with E-state index in [9.17, 15) is 18.3 Å². The first kappa shape index (κ1) is 22.1. The number of aromatic nitrogens is 1. The largest absolute Gasteiger partial charge is 0.492 e. The van der Waals surface area contributed by atoms with Crippen LogP contribution < -0.4 is 4.74 Å². The Kier molecular flexibility index (Phi) is 5.33. The number of hydrogen-bond acceptors (Lipinski definition) is 3. The van der Waals surface area contributed by atoms with Crippen molar-refractivity contribution in [3.63, 3.8) is 0 Å². The van der Waals surface area contributed by atoms with Gasteiger partial charge in [-0.1, -0.05) is 45.0 Å². The number of pyridine rings is 1. The van der Waals surface area contributed by atoms with Gasteiger partial charge >= 0.3 is 6.18 Å². The van der Waals surface area contributed by atoms with Crippen LogP contribution in [0.25, 0.3) is 10.9 Å². The first-order valence-corrected chi connectivity index (χ1v) is 10.9. The van der Waals surface area contributed by atoms with Gasteiger partial charge in [0.05, 0.1) is 16.6 Å². The standard InChI is InChI=1S/C24H23BrF3NO2/c1-14(22(2,3)16-12-15-9-11-31-21(15)19(25)13-16)23(30,24(26,27)28)18-8-10-29-20-7-5-4-6-17(18)20/h4-8,10,12-14,30H,9,11H2,1-3H3. The molecule has 1 aromatic heterocycles. The van der Waals surface area contributed by atoms with Gasteiger partial charge in [0.25, 0.3) is 0 Å². The summed E-state index contributed by atoms with van der Waals surface area (Å²) < 4.78 is 50.2. The fourth-order valence-electron chi connectivity index (χ4n) is 4.46. The Morgan fingerprint density at radius 1 is 1.13 bits per heavy atom. The van der Waals surface area contributed by atoms with Gasteiger partial charge in [-0.05, 0) is 50.7 Å². The van der Waals surface area contributed by atoms with Gasteiger partial charge in [-0.3, -0.25) is 4.98 Å². The van der Waals surface area contributed by atoms with Crippen molar-refractivity contribution >= 4 is 26.8 Å². The molecule has 4 rings (SSSR count). The van der Waals surface area contributed by atoms with E-state index in [2.05, 4.69) is 20.9 Å². The molecule has 0 saturated carbocycles. The lowest BCUT2D eigenvalue weighted by molar-refractivity contribution is -0.291. The van der Waals surface area contributed by atoms with Gasteiger partial charge in [-0.25, -0.2) is 0 Å². The van der Waals surface area contributed by atoms with Crippen molar-refractivity contribution in [1.82, 2.24) is 4.98 Å². The maximum absolute atomic E-state index is 14.6. The SMILES string of the molecule is CC(C(C)(C)c1cc(Br)c2c(c1)CCO2)C(O)(c1ccnc2ccccc12)C(F)(F)F. The van der Waals surface area contributed by atoms with Crippen LogP contribution in [0.5, 0.6) is 5.75 Å². The second kappa shape index (κ2) is 7.48. The first-order valence-electron chi connectivity index (χ1n) is 10.1. The highest BCUT2D eigenvalue weighted by Gasteiger charge is 2.62. The lowest BCUT2D eigenvalue weighted by Crippen LogP contribution is -2.53. The zero-order chi connectivity index (χ0) is 22.6. The molecule has 0 radical (unpaired) electrons. The molecular formula is C24H23BrF3NO2. The van der Waals surface area contributed by atoms with E-state index in [0.29, 0.717) is 28.6 Å². The predicted octanol–water partition coefficient (Wildman–Crippen LogP) is 6.30. The Hall–Kier alpha value is -2.12. The summed E-state index contributed by atoms with van der Waals surface area (Å²) in [5, 5.41) is 11.7. The average Bonchev–Trinajstić information content (AvgIpc) is 3.21. The summed E-state index contributed by atoms with van der Waals surface area (Å²) in [5.74, 6) is -0.475. The number of nitrogens with zero attached hydrogens (tertiary/aromatic N) is 1. The zero-order valence-corrected chi connectivity index (χ0v) is 19.0. The van der Waals surface area contributed by atoms with Gasteiger partial charge in [-0.2, -0.15) is 13.2 Å². The Bertz CT molecular complexity index is 1140. The summed E-state index contributed by atoms with van der Waals surface area (Å²) >= 11 is 3.49. The smallest absolute Gasteiger partial charge is 0.421 e. The molecule has 0 amide bonds. The van der Waals surface area contributed by atoms with E-state index in [1.54, 1.807) is 44.2 Å². The van der Waals surface area contributed by atoms with Crippen molar-refractivity contribution in [2.24, 2.45) is 5.92 Å². The van der Waals surface area contributed by atoms with Crippen molar-refractivity contribution in [2.45, 2.75) is 44.4 Å². The molecule has 0 saturated heterocycles. The van der Waals surface area contributed by atoms with Crippen LogP contribution in [0.4, 0.5) is 13.2 Å². The molecule has 2 unspecified atom stereocenters. The van der Waals surface area contributed by atoms with Gasteiger partial charge in [0.1, 0.15) is 5.75 Å². The fraction of sp³-hybridized carbons (Fsp3) is 0.375. The van der Waals surface area contributed by atoms with Crippen molar-refractivity contribution in [1.29, 1.82) is 0 Å². The van der Waals surface area contributed by atoms with Crippen LogP contribution in [0, 0.1) is 5.92 Å². The average molecular weight is 494 g/mol. The van der Waals surface area contributed by atoms with Crippen LogP contribution in [-0.2, 0) is 17.4 Å². The molecule has 2 heterocycles. The second-order valence-electron chi connectivity index (χ2n) is 8.63. The highest BCUT2D eigenvalue weighted by Crippen LogP contribution is 2.53. The Morgan fingerprint density at radius 2 is 1.84 bits per heavy atom. The van der Waals surface area contributed by atoms with E-state index in [-0.39, 0.29) is 10.9 Å². The summed E-state index contributed by atoms with van der Waals surface area (Å²) in [6, 6.07) is 11.5. The highest BCUT2D eigenvalue weighted by molar-refractivity contribution is 9.10. The third-order valence-electron chi connectivity index (χ3n) is 6.68. The number of fused-ring (bicyclic) bond motifs is 2. The van der Waals surface area contributed by atoms with Crippen LogP contribution in [0.2, 0.25) is 0 Å². The summed E-state index contributed by atoms with van der Waals surface area (Å²) in [7, 11) is 0. The predicted molar refractivity (Wildman–Crippen MR) is 117 cm³/mol. The quantitative estimate of drug-likeness (QED) is 0.463. The lowest BCUT2D eigenvalue weighted by Gasteiger charge is -2.45. The lowest BCUT2D eigenvalue weighted by atomic mass is 9.64. The number of halogens is 4. The molecule has 1 aliphatic rings. The number of benzene rings is 2. The van der Waals surface area contributed by atoms with Crippen molar-refractivity contribution in [3.05, 3.63) is 69.8 Å². The third-order valence-corrected chi connectivity index (χ3v) is 7.27. The van der Waals surface area contributed by atoms with E-state index in [4.69, 9.17) is 4.74 Å². The molecule has 1 aliphatic heterocycles. The van der Waals surface area contributed by atoms with Crippen LogP contribution in [0.15, 0.2) is 53.1 Å². The van der Waals surface area contributed by atoms with Gasteiger partial charge in [0.15, 0.2) is 5.60 Å². The summed E-state index contributed by atoms with van der Waals surface area (Å²) in [6.07, 6.45) is -2.88. The zero-order valence-electron chi connectivity index (χ0n) is 17.4. The molecule has 164 valence electrons. The molecule has 3 aromatic rings. The number of para-hydroxylation sites is 1. The minimum absolute atomic E-state index is 0.185. The Balaban J connectivity index is 1.90. The van der Waals surface area contributed by atoms with Crippen molar-refractivity contribution in [2.75, 3.05) is 6.61 Å². The molecule has 3 nitrogen and oxygen atoms in total. The van der Waals surface area contributed by atoms with Crippen molar-refractivity contribution < 1.29 is 23.0 Å². The van der Waals surface area contributed by atoms with E-state index < -0.39 is 23.1 Å². The molecule has 0 bridgehead atoms. The van der Waals surface area contributed by atoms with Gasteiger partial charge in [-0.15, -0.1) is 0 Å². The van der Waals surface area contributed by atoms with Gasteiger partial charge in [0, 0.05) is 29.5 Å². The van der Waals surface area contributed by atoms with Crippen molar-refractivity contribution in [3.8, 4) is 5.75 Å². The maximum atomic E-state index is 14.6. The Morgan fingerprint density at radius 3 is 2.55 bits per heavy atom. The monoisotopic (exact) mass is 493 g/mol. The molecule has 1 N–H and O–H groups in total. The van der Waals surface area contributed by atoms with E-state index >= 15 is 0 Å². The molecule has 7 heteroatoms. The molecule has 0 spiro atoms. The first-order chi connectivity index (χ1) is 14.5. The van der Waals surface area contributed by atoms with Crippen LogP contribution in [0.3, 0.4) is 0 Å². The van der Waals surface area contributed by atoms with E-state index in [0.717, 1.165) is 11.3 Å². The summed E-state index contributed by atoms with van der Waals surface area (Å²) in [4.78, 5) is 4.17. The molecule has 0 fully saturated rings. The third kappa shape index (κ3) is 3.42. The summed E-state index contributed by atoms with van der Waals surface area (Å²) in [6.45, 7) is 5.48. The van der Waals surface area contributed by atoms with Gasteiger partial charge in [0.2, 0.25) is 0 Å². The molecule has 2 atom stereocenters. The number of alkyl halides is 3. The van der Waals surface area contributed by atoms with E-state index in [1.807, 2.05) is 6.07 Å². The van der Waals surface area contributed by atoms with Crippen LogP contribution in [0.1, 0.15) is 37.5 Å². The molecular weight excluding hydrogens is 471 g/mol. The van der Waals surface area contributed by atoms with Crippen LogP contribution in [-0.4, -0.2) is 22.9 Å². The fourth-order valence-corrected chi connectivity index (χ4v) is 5.08. The molecule has 2 aromatic carbocycles. The van der Waals surface area contributed by atoms with E-state index in [1.165, 1.54) is 19.2 Å². The normalized spacial score (nSPS) is 17.2. The minimum atomic E-state index is -4.90. The van der Waals surface area contributed by atoms with Crippen LogP contribution >= 0.6 is 15.9 Å². The minimum Gasteiger partial charge on any atom is -0.492 e. The molecule has 31 heavy (non-hydrogen) atoms. The maximum Gasteiger partial charge on any atom is 0.421 e. The number of rotatable bonds is 4. The highest BCUT2D eigenvalue weighted by atomic mass is 79.9. The number of hydrogen-bond donors (Lipinski definition) is 1. The Labute approximate surface area is 187 Å². The topological polar surface area (TPSA) is 42.4 Å².